The van der Waals surface area contributed by atoms with Crippen LogP contribution in [0.5, 0.6) is 0 Å². The Morgan fingerprint density at radius 3 is 2.42 bits per heavy atom. The molecule has 1 N–H and O–H groups in total. The number of likely N-dealkylation sites (tertiary alicyclic amines) is 2. The molecular formula is C21H33N3O2. The number of likely N-dealkylation sites (N-methyl/N-ethyl adjacent to an activating group) is 1. The lowest BCUT2D eigenvalue weighted by Crippen LogP contribution is -2.42. The number of rotatable bonds is 5. The van der Waals surface area contributed by atoms with Crippen LogP contribution in [0.2, 0.25) is 0 Å². The van der Waals surface area contributed by atoms with E-state index >= 15 is 0 Å². The van der Waals surface area contributed by atoms with E-state index in [0.29, 0.717) is 12.6 Å². The highest BCUT2D eigenvalue weighted by atomic mass is 16.3. The van der Waals surface area contributed by atoms with Gasteiger partial charge in [0.05, 0.1) is 0 Å². The molecule has 5 heteroatoms. The molecule has 2 aliphatic rings. The molecule has 0 unspecified atom stereocenters. The predicted molar refractivity (Wildman–Crippen MR) is 104 cm³/mol. The van der Waals surface area contributed by atoms with Gasteiger partial charge in [-0.25, -0.2) is 0 Å². The van der Waals surface area contributed by atoms with Crippen LogP contribution in [0.15, 0.2) is 24.3 Å². The van der Waals surface area contributed by atoms with E-state index < -0.39 is 0 Å². The molecule has 3 rings (SSSR count). The Hall–Kier alpha value is -1.43. The Bertz CT molecular complexity index is 581. The lowest BCUT2D eigenvalue weighted by molar-refractivity contribution is 0.0689. The molecular weight excluding hydrogens is 326 g/mol. The van der Waals surface area contributed by atoms with E-state index in [1.807, 2.05) is 17.0 Å². The SMILES string of the molecule is CN(C)[C@@H]1CC[C@H](CO)CN(C(=O)c2ccc(CN3CCCC3)cc2)C1. The second-order valence-electron chi connectivity index (χ2n) is 8.13. The molecule has 1 aromatic carbocycles. The minimum Gasteiger partial charge on any atom is -0.396 e. The number of aliphatic hydroxyl groups is 1. The van der Waals surface area contributed by atoms with Crippen LogP contribution in [0.25, 0.3) is 0 Å². The van der Waals surface area contributed by atoms with Crippen molar-refractivity contribution in [3.63, 3.8) is 0 Å². The van der Waals surface area contributed by atoms with E-state index in [-0.39, 0.29) is 18.4 Å². The van der Waals surface area contributed by atoms with Gasteiger partial charge in [0.15, 0.2) is 0 Å². The highest BCUT2D eigenvalue weighted by Crippen LogP contribution is 2.21. The third kappa shape index (κ3) is 4.84. The van der Waals surface area contributed by atoms with Gasteiger partial charge in [-0.1, -0.05) is 12.1 Å². The first-order valence-electron chi connectivity index (χ1n) is 9.94. The molecule has 0 aliphatic carbocycles. The highest BCUT2D eigenvalue weighted by molar-refractivity contribution is 5.94. The van der Waals surface area contributed by atoms with Gasteiger partial charge in [0.1, 0.15) is 0 Å². The summed E-state index contributed by atoms with van der Waals surface area (Å²) in [6.45, 7) is 4.88. The molecule has 1 amide bonds. The molecule has 26 heavy (non-hydrogen) atoms. The number of amides is 1. The van der Waals surface area contributed by atoms with Crippen molar-refractivity contribution in [2.24, 2.45) is 5.92 Å². The number of aliphatic hydroxyl groups excluding tert-OH is 1. The van der Waals surface area contributed by atoms with Crippen molar-refractivity contribution in [2.75, 3.05) is 46.9 Å². The summed E-state index contributed by atoms with van der Waals surface area (Å²) in [6.07, 6.45) is 4.59. The molecule has 0 bridgehead atoms. The van der Waals surface area contributed by atoms with Crippen molar-refractivity contribution in [3.8, 4) is 0 Å². The Kier molecular flexibility index (Phi) is 6.68. The van der Waals surface area contributed by atoms with E-state index in [4.69, 9.17) is 0 Å². The molecule has 0 radical (unpaired) electrons. The quantitative estimate of drug-likeness (QED) is 0.874. The fraction of sp³-hybridized carbons (Fsp3) is 0.667. The summed E-state index contributed by atoms with van der Waals surface area (Å²) in [7, 11) is 4.14. The van der Waals surface area contributed by atoms with Crippen LogP contribution in [-0.2, 0) is 6.54 Å². The normalized spacial score (nSPS) is 24.8. The van der Waals surface area contributed by atoms with Crippen LogP contribution in [-0.4, -0.2) is 78.6 Å². The van der Waals surface area contributed by atoms with Gasteiger partial charge in [0, 0.05) is 37.8 Å². The van der Waals surface area contributed by atoms with Crippen LogP contribution >= 0.6 is 0 Å². The van der Waals surface area contributed by atoms with Crippen molar-refractivity contribution in [2.45, 2.75) is 38.3 Å². The summed E-state index contributed by atoms with van der Waals surface area (Å²) < 4.78 is 0. The van der Waals surface area contributed by atoms with Crippen LogP contribution in [0, 0.1) is 5.92 Å². The molecule has 0 aromatic heterocycles. The summed E-state index contributed by atoms with van der Waals surface area (Å²) in [4.78, 5) is 19.7. The average Bonchev–Trinajstić information content (AvgIpc) is 3.05. The maximum atomic E-state index is 13.1. The Balaban J connectivity index is 1.67. The Labute approximate surface area is 157 Å². The van der Waals surface area contributed by atoms with E-state index in [1.165, 1.54) is 31.5 Å². The highest BCUT2D eigenvalue weighted by Gasteiger charge is 2.28. The Morgan fingerprint density at radius 1 is 1.12 bits per heavy atom. The van der Waals surface area contributed by atoms with Crippen LogP contribution in [0.1, 0.15) is 41.6 Å². The van der Waals surface area contributed by atoms with Gasteiger partial charge >= 0.3 is 0 Å². The Morgan fingerprint density at radius 2 is 1.81 bits per heavy atom. The van der Waals surface area contributed by atoms with Gasteiger partial charge in [-0.15, -0.1) is 0 Å². The van der Waals surface area contributed by atoms with Crippen molar-refractivity contribution >= 4 is 5.91 Å². The summed E-state index contributed by atoms with van der Waals surface area (Å²) in [6, 6.07) is 8.48. The molecule has 2 saturated heterocycles. The fourth-order valence-corrected chi connectivity index (χ4v) is 4.12. The number of nitrogens with zero attached hydrogens (tertiary/aromatic N) is 3. The first-order valence-corrected chi connectivity index (χ1v) is 9.94. The maximum Gasteiger partial charge on any atom is 0.253 e. The van der Waals surface area contributed by atoms with Gasteiger partial charge in [0.25, 0.3) is 5.91 Å². The van der Waals surface area contributed by atoms with Gasteiger partial charge in [0.2, 0.25) is 0 Å². The molecule has 2 aliphatic heterocycles. The zero-order valence-electron chi connectivity index (χ0n) is 16.2. The van der Waals surface area contributed by atoms with Crippen molar-refractivity contribution in [3.05, 3.63) is 35.4 Å². The molecule has 2 heterocycles. The van der Waals surface area contributed by atoms with Crippen molar-refractivity contribution < 1.29 is 9.90 Å². The van der Waals surface area contributed by atoms with E-state index in [9.17, 15) is 9.90 Å². The zero-order valence-corrected chi connectivity index (χ0v) is 16.2. The number of hydrogen-bond donors (Lipinski definition) is 1. The number of hydrogen-bond acceptors (Lipinski definition) is 4. The average molecular weight is 360 g/mol. The first-order chi connectivity index (χ1) is 12.6. The van der Waals surface area contributed by atoms with E-state index in [0.717, 1.165) is 31.5 Å². The standard InChI is InChI=1S/C21H33N3O2/c1-22(2)20-10-7-18(16-25)14-24(15-20)21(26)19-8-5-17(6-9-19)13-23-11-3-4-12-23/h5-6,8-9,18,20,25H,3-4,7,10-16H2,1-2H3/t18-,20+/m0/s1. The van der Waals surface area contributed by atoms with Crippen molar-refractivity contribution in [1.82, 2.24) is 14.7 Å². The minimum absolute atomic E-state index is 0.0879. The molecule has 5 nitrogen and oxygen atoms in total. The number of carbonyl (C=O) groups excluding carboxylic acids is 1. The maximum absolute atomic E-state index is 13.1. The number of carbonyl (C=O) groups is 1. The second-order valence-corrected chi connectivity index (χ2v) is 8.13. The van der Waals surface area contributed by atoms with Crippen LogP contribution < -0.4 is 0 Å². The molecule has 144 valence electrons. The summed E-state index contributed by atoms with van der Waals surface area (Å²) in [5.74, 6) is 0.267. The predicted octanol–water partition coefficient (Wildman–Crippen LogP) is 2.06. The number of benzene rings is 1. The first kappa shape index (κ1) is 19.3. The van der Waals surface area contributed by atoms with E-state index in [1.54, 1.807) is 0 Å². The third-order valence-electron chi connectivity index (χ3n) is 5.90. The monoisotopic (exact) mass is 359 g/mol. The van der Waals surface area contributed by atoms with Gasteiger partial charge < -0.3 is 14.9 Å². The lowest BCUT2D eigenvalue weighted by atomic mass is 10.0. The van der Waals surface area contributed by atoms with Gasteiger partial charge in [-0.2, -0.15) is 0 Å². The fourth-order valence-electron chi connectivity index (χ4n) is 4.12. The second kappa shape index (κ2) is 8.98. The summed E-state index contributed by atoms with van der Waals surface area (Å²) >= 11 is 0. The largest absolute Gasteiger partial charge is 0.396 e. The summed E-state index contributed by atoms with van der Waals surface area (Å²) in [5.41, 5.74) is 2.03. The lowest BCUT2D eigenvalue weighted by Gasteiger charge is -2.29. The van der Waals surface area contributed by atoms with E-state index in [2.05, 4.69) is 36.0 Å². The summed E-state index contributed by atoms with van der Waals surface area (Å²) in [5, 5.41) is 9.63. The molecule has 0 saturated carbocycles. The van der Waals surface area contributed by atoms with Crippen LogP contribution in [0.3, 0.4) is 0 Å². The zero-order chi connectivity index (χ0) is 18.5. The van der Waals surface area contributed by atoms with Crippen molar-refractivity contribution in [1.29, 1.82) is 0 Å². The third-order valence-corrected chi connectivity index (χ3v) is 5.90. The van der Waals surface area contributed by atoms with Gasteiger partial charge in [-0.05, 0) is 76.5 Å². The minimum atomic E-state index is 0.0879. The molecule has 2 atom stereocenters. The van der Waals surface area contributed by atoms with Crippen LogP contribution in [0.4, 0.5) is 0 Å². The van der Waals surface area contributed by atoms with Gasteiger partial charge in [-0.3, -0.25) is 9.69 Å². The topological polar surface area (TPSA) is 47.0 Å². The molecule has 1 aromatic rings. The smallest absolute Gasteiger partial charge is 0.253 e. The molecule has 2 fully saturated rings. The molecule has 0 spiro atoms.